The first kappa shape index (κ1) is 17.2. The Labute approximate surface area is 162 Å². The van der Waals surface area contributed by atoms with E-state index in [1.165, 1.54) is 0 Å². The summed E-state index contributed by atoms with van der Waals surface area (Å²) in [5, 5.41) is 22.8. The van der Waals surface area contributed by atoms with Gasteiger partial charge in [0, 0.05) is 30.1 Å². The quantitative estimate of drug-likeness (QED) is 0.742. The SMILES string of the molecule is Oc1cc(-n2cccn2)ccc1-c1ccc(O[C@@H]2C[C@H]3CC[C@H](C3)[C@@H]2F)nn1. The summed E-state index contributed by atoms with van der Waals surface area (Å²) in [6.45, 7) is 0. The molecule has 2 fully saturated rings. The molecule has 0 spiro atoms. The molecule has 0 saturated heterocycles. The molecule has 2 bridgehead atoms. The van der Waals surface area contributed by atoms with Crippen molar-refractivity contribution in [1.29, 1.82) is 0 Å². The minimum absolute atomic E-state index is 0.0867. The molecule has 28 heavy (non-hydrogen) atoms. The number of hydrogen-bond acceptors (Lipinski definition) is 5. The normalized spacial score (nSPS) is 26.3. The number of aromatic nitrogens is 4. The fourth-order valence-corrected chi connectivity index (χ4v) is 4.47. The van der Waals surface area contributed by atoms with E-state index in [2.05, 4.69) is 15.3 Å². The van der Waals surface area contributed by atoms with Crippen molar-refractivity contribution in [3.63, 3.8) is 0 Å². The summed E-state index contributed by atoms with van der Waals surface area (Å²) >= 11 is 0. The van der Waals surface area contributed by atoms with E-state index >= 15 is 0 Å². The second-order valence-corrected chi connectivity index (χ2v) is 7.68. The highest BCUT2D eigenvalue weighted by molar-refractivity contribution is 5.68. The number of alkyl halides is 1. The van der Waals surface area contributed by atoms with Crippen LogP contribution in [0.5, 0.6) is 11.6 Å². The van der Waals surface area contributed by atoms with Crippen LogP contribution in [-0.4, -0.2) is 37.4 Å². The minimum Gasteiger partial charge on any atom is -0.507 e. The number of benzene rings is 1. The van der Waals surface area contributed by atoms with Gasteiger partial charge in [-0.25, -0.2) is 9.07 Å². The van der Waals surface area contributed by atoms with Crippen LogP contribution in [-0.2, 0) is 0 Å². The first-order valence-corrected chi connectivity index (χ1v) is 9.65. The van der Waals surface area contributed by atoms with E-state index in [9.17, 15) is 9.50 Å². The summed E-state index contributed by atoms with van der Waals surface area (Å²) < 4.78 is 22.0. The van der Waals surface area contributed by atoms with E-state index in [0.717, 1.165) is 31.4 Å². The van der Waals surface area contributed by atoms with Crippen LogP contribution in [0.3, 0.4) is 0 Å². The molecule has 2 aromatic heterocycles. The average molecular weight is 380 g/mol. The van der Waals surface area contributed by atoms with Gasteiger partial charge in [-0.1, -0.05) is 0 Å². The van der Waals surface area contributed by atoms with Crippen LogP contribution in [0.4, 0.5) is 4.39 Å². The van der Waals surface area contributed by atoms with E-state index in [1.807, 2.05) is 12.1 Å². The van der Waals surface area contributed by atoms with E-state index in [4.69, 9.17) is 4.74 Å². The van der Waals surface area contributed by atoms with Gasteiger partial charge in [-0.3, -0.25) is 0 Å². The standard InChI is InChI=1S/C21H21FN4O2/c22-21-14-3-2-13(10-14)11-19(21)28-20-7-6-17(24-25-20)16-5-4-15(12-18(16)27)26-9-1-8-23-26/h1,4-9,12-14,19,21,27H,2-3,10-11H2/t13-,14+,19+,21-/m0/s1. The van der Waals surface area contributed by atoms with Gasteiger partial charge in [-0.2, -0.15) is 5.10 Å². The van der Waals surface area contributed by atoms with Crippen molar-refractivity contribution in [2.24, 2.45) is 11.8 Å². The van der Waals surface area contributed by atoms with Gasteiger partial charge in [0.1, 0.15) is 18.0 Å². The van der Waals surface area contributed by atoms with Crippen molar-refractivity contribution < 1.29 is 14.2 Å². The molecule has 4 atom stereocenters. The van der Waals surface area contributed by atoms with Crippen LogP contribution >= 0.6 is 0 Å². The Hall–Kier alpha value is -2.96. The Balaban J connectivity index is 1.32. The second kappa shape index (κ2) is 6.89. The van der Waals surface area contributed by atoms with E-state index < -0.39 is 12.3 Å². The summed E-state index contributed by atoms with van der Waals surface area (Å²) in [5.41, 5.74) is 1.84. The number of ether oxygens (including phenoxy) is 1. The lowest BCUT2D eigenvalue weighted by Crippen LogP contribution is -2.38. The molecule has 2 aliphatic carbocycles. The first-order valence-electron chi connectivity index (χ1n) is 9.65. The summed E-state index contributed by atoms with van der Waals surface area (Å²) in [6.07, 6.45) is 5.90. The van der Waals surface area contributed by atoms with Gasteiger partial charge < -0.3 is 9.84 Å². The molecule has 3 aromatic rings. The van der Waals surface area contributed by atoms with Crippen molar-refractivity contribution >= 4 is 0 Å². The van der Waals surface area contributed by atoms with E-state index in [0.29, 0.717) is 23.1 Å². The molecule has 5 rings (SSSR count). The first-order chi connectivity index (χ1) is 13.7. The van der Waals surface area contributed by atoms with Crippen LogP contribution in [0.1, 0.15) is 25.7 Å². The zero-order valence-electron chi connectivity index (χ0n) is 15.3. The molecule has 1 N–H and O–H groups in total. The third-order valence-electron chi connectivity index (χ3n) is 5.89. The summed E-state index contributed by atoms with van der Waals surface area (Å²) in [7, 11) is 0. The Morgan fingerprint density at radius 1 is 1.11 bits per heavy atom. The van der Waals surface area contributed by atoms with Gasteiger partial charge in [-0.05, 0) is 61.8 Å². The zero-order chi connectivity index (χ0) is 19.1. The number of hydrogen-bond donors (Lipinski definition) is 1. The topological polar surface area (TPSA) is 73.1 Å². The summed E-state index contributed by atoms with van der Waals surface area (Å²) in [4.78, 5) is 0. The molecule has 0 unspecified atom stereocenters. The average Bonchev–Trinajstić information content (AvgIpc) is 3.37. The Bertz CT molecular complexity index is 961. The lowest BCUT2D eigenvalue weighted by Gasteiger charge is -2.31. The van der Waals surface area contributed by atoms with Crippen molar-refractivity contribution in [3.05, 3.63) is 48.8 Å². The van der Waals surface area contributed by atoms with Gasteiger partial charge in [0.15, 0.2) is 0 Å². The maximum absolute atomic E-state index is 14.6. The number of nitrogens with zero attached hydrogens (tertiary/aromatic N) is 4. The van der Waals surface area contributed by atoms with Gasteiger partial charge >= 0.3 is 0 Å². The Morgan fingerprint density at radius 3 is 2.79 bits per heavy atom. The van der Waals surface area contributed by atoms with Crippen LogP contribution in [0, 0.1) is 11.8 Å². The number of phenols is 1. The molecular formula is C21H21FN4O2. The number of rotatable bonds is 4. The van der Waals surface area contributed by atoms with Crippen molar-refractivity contribution in [1.82, 2.24) is 20.0 Å². The maximum atomic E-state index is 14.6. The molecule has 2 heterocycles. The van der Waals surface area contributed by atoms with Crippen LogP contribution in [0.2, 0.25) is 0 Å². The Morgan fingerprint density at radius 2 is 2.04 bits per heavy atom. The zero-order valence-corrected chi connectivity index (χ0v) is 15.3. The van der Waals surface area contributed by atoms with Gasteiger partial charge in [0.2, 0.25) is 5.88 Å². The molecular weight excluding hydrogens is 359 g/mol. The fourth-order valence-electron chi connectivity index (χ4n) is 4.47. The van der Waals surface area contributed by atoms with Gasteiger partial charge in [0.05, 0.1) is 11.4 Å². The van der Waals surface area contributed by atoms with E-state index in [1.54, 1.807) is 41.3 Å². The Kier molecular flexibility index (Phi) is 4.22. The van der Waals surface area contributed by atoms with Crippen LogP contribution in [0.15, 0.2) is 48.8 Å². The third kappa shape index (κ3) is 3.10. The van der Waals surface area contributed by atoms with Crippen molar-refractivity contribution in [2.45, 2.75) is 38.0 Å². The smallest absolute Gasteiger partial charge is 0.233 e. The fraction of sp³-hybridized carbons (Fsp3) is 0.381. The highest BCUT2D eigenvalue weighted by Crippen LogP contribution is 2.44. The number of fused-ring (bicyclic) bond motifs is 2. The highest BCUT2D eigenvalue weighted by atomic mass is 19.1. The molecule has 7 heteroatoms. The molecule has 2 aliphatic rings. The molecule has 1 aromatic carbocycles. The van der Waals surface area contributed by atoms with Crippen LogP contribution < -0.4 is 4.74 Å². The second-order valence-electron chi connectivity index (χ2n) is 7.68. The van der Waals surface area contributed by atoms with Crippen molar-refractivity contribution in [3.8, 4) is 28.6 Å². The predicted octanol–water partition coefficient (Wildman–Crippen LogP) is 3.94. The molecule has 0 aliphatic heterocycles. The highest BCUT2D eigenvalue weighted by Gasteiger charge is 2.43. The van der Waals surface area contributed by atoms with Gasteiger partial charge in [-0.15, -0.1) is 10.2 Å². The van der Waals surface area contributed by atoms with Gasteiger partial charge in [0.25, 0.3) is 0 Å². The number of phenolic OH excluding ortho intramolecular Hbond substituents is 1. The molecule has 144 valence electrons. The largest absolute Gasteiger partial charge is 0.507 e. The summed E-state index contributed by atoms with van der Waals surface area (Å²) in [6, 6.07) is 10.5. The molecule has 6 nitrogen and oxygen atoms in total. The lowest BCUT2D eigenvalue weighted by molar-refractivity contribution is 0.0223. The molecule has 0 radical (unpaired) electrons. The van der Waals surface area contributed by atoms with E-state index in [-0.39, 0.29) is 11.7 Å². The monoisotopic (exact) mass is 380 g/mol. The third-order valence-corrected chi connectivity index (χ3v) is 5.89. The minimum atomic E-state index is -0.931. The van der Waals surface area contributed by atoms with Crippen molar-refractivity contribution in [2.75, 3.05) is 0 Å². The number of halogens is 1. The number of aromatic hydroxyl groups is 1. The predicted molar refractivity (Wildman–Crippen MR) is 101 cm³/mol. The van der Waals surface area contributed by atoms with Crippen LogP contribution in [0.25, 0.3) is 16.9 Å². The lowest BCUT2D eigenvalue weighted by atomic mass is 9.85. The summed E-state index contributed by atoms with van der Waals surface area (Å²) in [5.74, 6) is 1.11. The molecule has 0 amide bonds. The maximum Gasteiger partial charge on any atom is 0.233 e. The molecule has 2 saturated carbocycles.